The first-order chi connectivity index (χ1) is 69.1. The molecule has 0 unspecified atom stereocenters. The zero-order chi connectivity index (χ0) is 98.4. The molecule has 0 bridgehead atoms. The highest BCUT2D eigenvalue weighted by Crippen LogP contribution is 2.57. The van der Waals surface area contributed by atoms with Crippen LogP contribution in [0.3, 0.4) is 0 Å². The number of aromatic nitrogens is 2. The van der Waals surface area contributed by atoms with E-state index in [2.05, 4.69) is 104 Å². The van der Waals surface area contributed by atoms with Crippen LogP contribution >= 0.6 is 0 Å². The Morgan fingerprint density at radius 1 is 0.157 bits per heavy atom. The molecule has 0 spiro atoms. The molecule has 140 heavy (non-hydrogen) atoms. The molecule has 0 N–H and O–H groups in total. The highest BCUT2D eigenvalue weighted by molar-refractivity contribution is 6.54. The molecule has 0 amide bonds. The molecule has 0 radical (unpaired) electrons. The van der Waals surface area contributed by atoms with Crippen molar-refractivity contribution in [3.63, 3.8) is 0 Å². The standard InChI is InChI=1S/C130H202N2O8/c1-9-17-25-33-37-41-45-49-53-57-61-65-73-81-89-137-115-97-103-104(98-116(115)138-90-82-74-66-62-58-54-50-46-42-38-34-26-18-10-2)108-94-112-120-114(130(136)132(128(112)134)102(87-79-71-31-23-15-7)88-80-72-32-24-16-8)96-110-106-100-118(140-92-84-76-68-64-60-56-52-48-44-40-36-28-20-12-4)117(139-91-83-75-67-63-59-55-51-47-43-39-35-27-19-11-3)99-105(106)109-95-113-119-111(93-107(103)121-122(108)126(120)124(110)123(109)125(119)121)127(133)131(129(113)135)101(85-77-69-29-21-13-5)86-78-70-30-22-14-6/h93-102H,9-92H2,1-8H3. The first-order valence-electron chi connectivity index (χ1n) is 61.1. The highest BCUT2D eigenvalue weighted by atomic mass is 16.5. The van der Waals surface area contributed by atoms with Gasteiger partial charge in [-0.1, -0.05) is 518 Å². The second kappa shape index (κ2) is 66.4. The SMILES string of the molecule is CCCCCCCCCCCCCCCCOc1cc2c(cc1OCCCCCCCCCCCCCCCC)c1cc3c(=O)n(C(CCCCCCC)CCCCCCC)c(=O)c4cc5c6cc(OCCCCCCCCCCCCCCCC)c(OCCCCCCCCCCCCCCCC)cc6c6cc7c(=O)n(C(CCCCCCC)CCCCCCC)c(=O)c8cc2c2c1c(c34)c5c6c2c87. The summed E-state index contributed by atoms with van der Waals surface area (Å²) in [7, 11) is 0. The summed E-state index contributed by atoms with van der Waals surface area (Å²) in [5.41, 5.74) is -0.830. The third kappa shape index (κ3) is 33.7. The molecular formula is C130H202N2O8. The van der Waals surface area contributed by atoms with Gasteiger partial charge >= 0.3 is 0 Å². The summed E-state index contributed by atoms with van der Waals surface area (Å²) in [5.74, 6) is 2.81. The fourth-order valence-corrected chi connectivity index (χ4v) is 24.3. The van der Waals surface area contributed by atoms with Gasteiger partial charge in [0.05, 0.1) is 26.4 Å². The van der Waals surface area contributed by atoms with Gasteiger partial charge in [-0.2, -0.15) is 0 Å². The van der Waals surface area contributed by atoms with Crippen molar-refractivity contribution >= 4 is 108 Å². The molecule has 0 saturated heterocycles. The van der Waals surface area contributed by atoms with Crippen molar-refractivity contribution < 1.29 is 18.9 Å². The van der Waals surface area contributed by atoms with E-state index >= 15 is 19.2 Å². The zero-order valence-corrected chi connectivity index (χ0v) is 91.3. The average Bonchev–Trinajstić information content (AvgIpc) is 0.651. The highest BCUT2D eigenvalue weighted by Gasteiger charge is 2.34. The molecule has 11 aromatic rings. The van der Waals surface area contributed by atoms with Crippen molar-refractivity contribution in [3.8, 4) is 23.0 Å². The average molecular weight is 1920 g/mol. The lowest BCUT2D eigenvalue weighted by Gasteiger charge is -2.28. The van der Waals surface area contributed by atoms with Crippen LogP contribution in [0.15, 0.2) is 67.7 Å². The van der Waals surface area contributed by atoms with Gasteiger partial charge in [0.25, 0.3) is 22.2 Å². The van der Waals surface area contributed by atoms with Gasteiger partial charge in [0.1, 0.15) is 0 Å². The fraction of sp³-hybridized carbons (Fsp3) is 0.723. The molecule has 0 aliphatic heterocycles. The number of rotatable bonds is 90. The summed E-state index contributed by atoms with van der Waals surface area (Å²) in [6.45, 7) is 20.5. The van der Waals surface area contributed by atoms with E-state index in [1.54, 1.807) is 9.13 Å². The molecule has 11 rings (SSSR count). The molecule has 0 atom stereocenters. The van der Waals surface area contributed by atoms with Gasteiger partial charge in [0, 0.05) is 55.2 Å². The summed E-state index contributed by atoms with van der Waals surface area (Å²) in [5, 5.41) is 16.7. The number of ether oxygens (including phenoxy) is 4. The topological polar surface area (TPSA) is 115 Å². The number of hydrogen-bond donors (Lipinski definition) is 0. The molecule has 9 aromatic carbocycles. The van der Waals surface area contributed by atoms with Crippen molar-refractivity contribution in [2.75, 3.05) is 26.4 Å². The van der Waals surface area contributed by atoms with Crippen LogP contribution < -0.4 is 41.2 Å². The lowest BCUT2D eigenvalue weighted by molar-refractivity contribution is 0.259. The largest absolute Gasteiger partial charge is 0.490 e. The van der Waals surface area contributed by atoms with Crippen molar-refractivity contribution in [3.05, 3.63) is 89.9 Å². The number of nitrogens with zero attached hydrogens (tertiary/aromatic N) is 2. The van der Waals surface area contributed by atoms with E-state index in [4.69, 9.17) is 18.9 Å². The number of benzene rings is 9. The molecule has 0 fully saturated rings. The Morgan fingerprint density at radius 3 is 0.457 bits per heavy atom. The third-order valence-corrected chi connectivity index (χ3v) is 32.8. The lowest BCUT2D eigenvalue weighted by Crippen LogP contribution is -2.37. The molecule has 2 aromatic heterocycles. The van der Waals surface area contributed by atoms with Crippen LogP contribution in [0.1, 0.15) is 581 Å². The summed E-state index contributed by atoms with van der Waals surface area (Å²) in [4.78, 5) is 67.8. The maximum absolute atomic E-state index is 16.9. The van der Waals surface area contributed by atoms with E-state index in [-0.39, 0.29) is 34.3 Å². The van der Waals surface area contributed by atoms with Crippen LogP contribution in [-0.4, -0.2) is 35.6 Å². The van der Waals surface area contributed by atoms with Crippen LogP contribution in [0, 0.1) is 0 Å². The molecular weight excluding hydrogens is 1720 g/mol. The molecule has 0 saturated carbocycles. The van der Waals surface area contributed by atoms with Crippen molar-refractivity contribution in [1.82, 2.24) is 9.13 Å². The number of unbranched alkanes of at least 4 members (excludes halogenated alkanes) is 68. The number of hydrogen-bond acceptors (Lipinski definition) is 8. The molecule has 10 heteroatoms. The predicted octanol–water partition coefficient (Wildman–Crippen LogP) is 41.4. The smallest absolute Gasteiger partial charge is 0.261 e. The van der Waals surface area contributed by atoms with Gasteiger partial charge < -0.3 is 18.9 Å². The quantitative estimate of drug-likeness (QED) is 0.0210. The van der Waals surface area contributed by atoms with E-state index in [1.807, 2.05) is 0 Å². The second-order valence-corrected chi connectivity index (χ2v) is 44.4. The Balaban J connectivity index is 1.10. The Kier molecular flexibility index (Phi) is 53.9. The number of pyridine rings is 2. The van der Waals surface area contributed by atoms with Gasteiger partial charge in [0.2, 0.25) is 0 Å². The zero-order valence-electron chi connectivity index (χ0n) is 91.3. The Labute approximate surface area is 850 Å². The Bertz CT molecular complexity index is 4770. The maximum atomic E-state index is 16.9. The van der Waals surface area contributed by atoms with Crippen molar-refractivity contribution in [2.45, 2.75) is 581 Å². The first-order valence-corrected chi connectivity index (χ1v) is 61.1. The van der Waals surface area contributed by atoms with Crippen molar-refractivity contribution in [1.29, 1.82) is 0 Å². The summed E-state index contributed by atoms with van der Waals surface area (Å²) in [6.07, 6.45) is 96.5. The third-order valence-electron chi connectivity index (χ3n) is 32.8. The van der Waals surface area contributed by atoms with E-state index < -0.39 is 0 Å². The van der Waals surface area contributed by atoms with Gasteiger partial charge in [0.15, 0.2) is 23.0 Å². The minimum Gasteiger partial charge on any atom is -0.490 e. The van der Waals surface area contributed by atoms with Crippen LogP contribution in [0.2, 0.25) is 0 Å². The van der Waals surface area contributed by atoms with E-state index in [0.29, 0.717) is 81.7 Å². The minimum atomic E-state index is -0.281. The minimum absolute atomic E-state index is 0.207. The predicted molar refractivity (Wildman–Crippen MR) is 613 cm³/mol. The maximum Gasteiger partial charge on any atom is 0.261 e. The Morgan fingerprint density at radius 2 is 0.300 bits per heavy atom. The molecule has 0 aliphatic carbocycles. The summed E-state index contributed by atoms with van der Waals surface area (Å²) < 4.78 is 32.7. The number of fused-ring (bicyclic) bond motifs is 6. The normalized spacial score (nSPS) is 12.4. The van der Waals surface area contributed by atoms with E-state index in [9.17, 15) is 0 Å². The van der Waals surface area contributed by atoms with Crippen LogP contribution in [0.5, 0.6) is 23.0 Å². The molecule has 10 nitrogen and oxygen atoms in total. The van der Waals surface area contributed by atoms with Gasteiger partial charge in [-0.15, -0.1) is 0 Å². The molecule has 0 aliphatic rings. The van der Waals surface area contributed by atoms with Crippen molar-refractivity contribution in [2.24, 2.45) is 0 Å². The van der Waals surface area contributed by atoms with Gasteiger partial charge in [-0.3, -0.25) is 28.3 Å². The van der Waals surface area contributed by atoms with Crippen LogP contribution in [0.4, 0.5) is 0 Å². The molecule has 2 heterocycles. The van der Waals surface area contributed by atoms with Gasteiger partial charge in [-0.25, -0.2) is 0 Å². The van der Waals surface area contributed by atoms with Crippen LogP contribution in [-0.2, 0) is 0 Å². The summed E-state index contributed by atoms with van der Waals surface area (Å²) >= 11 is 0. The second-order valence-electron chi connectivity index (χ2n) is 44.4. The Hall–Kier alpha value is -6.68. The first kappa shape index (κ1) is 114. The van der Waals surface area contributed by atoms with E-state index in [0.717, 1.165) is 255 Å². The molecule has 780 valence electrons. The monoisotopic (exact) mass is 1920 g/mol. The summed E-state index contributed by atoms with van der Waals surface area (Å²) in [6, 6.07) is 17.2. The lowest BCUT2D eigenvalue weighted by atomic mass is 9.77. The van der Waals surface area contributed by atoms with Crippen LogP contribution in [0.25, 0.3) is 108 Å². The van der Waals surface area contributed by atoms with E-state index in [1.165, 1.54) is 334 Å². The van der Waals surface area contributed by atoms with Gasteiger partial charge in [-0.05, 0) is 165 Å². The fourth-order valence-electron chi connectivity index (χ4n) is 24.3.